The van der Waals surface area contributed by atoms with Crippen LogP contribution in [0.4, 0.5) is 0 Å². The SMILES string of the molecule is Cc1ccc(S(=O)(=O)OCCCC[C@H](NC(=O)[C@H](COc2ccccc2)CC(=O)[C@H](Cc2cccc(OCc3ccccc3)c2)N2CCCC2=O)C(=O)CC2CCCC2)cc1. The standard InChI is InChI=1S/C49H58N2O9S/c1-36-24-26-43(27-25-36)61(56,57)60-29-11-10-22-44(46(52)32-37-14-8-9-15-37)50-49(55)40(35-59-41-19-6-3-7-20-41)33-47(53)45(51-28-13-23-48(51)54)31-39-18-12-21-42(30-39)58-34-38-16-4-2-5-17-38/h2-7,12,16-21,24-27,30,37,40,44-45H,8-11,13-15,22-23,28-29,31-35H2,1H3,(H,50,55)/t40-,44-,45-/m0/s1. The van der Waals surface area contributed by atoms with Crippen LogP contribution in [0.25, 0.3) is 0 Å². The molecular formula is C49H58N2O9S. The van der Waals surface area contributed by atoms with E-state index in [-0.39, 0.29) is 60.8 Å². The molecule has 3 atom stereocenters. The maximum atomic E-state index is 14.5. The van der Waals surface area contributed by atoms with Crippen molar-refractivity contribution in [2.75, 3.05) is 19.8 Å². The third-order valence-electron chi connectivity index (χ3n) is 11.6. The van der Waals surface area contributed by atoms with E-state index in [1.54, 1.807) is 29.2 Å². The smallest absolute Gasteiger partial charge is 0.296 e. The van der Waals surface area contributed by atoms with Gasteiger partial charge < -0.3 is 19.7 Å². The first kappa shape index (κ1) is 45.2. The minimum absolute atomic E-state index is 0.0750. The van der Waals surface area contributed by atoms with E-state index in [9.17, 15) is 27.6 Å². The van der Waals surface area contributed by atoms with Gasteiger partial charge in [-0.3, -0.25) is 23.4 Å². The Hall–Kier alpha value is -5.33. The Morgan fingerprint density at radius 2 is 1.48 bits per heavy atom. The summed E-state index contributed by atoms with van der Waals surface area (Å²) < 4.78 is 43.0. The Balaban J connectivity index is 1.15. The van der Waals surface area contributed by atoms with Crippen LogP contribution in [-0.2, 0) is 46.5 Å². The van der Waals surface area contributed by atoms with Crippen molar-refractivity contribution < 1.29 is 41.3 Å². The lowest BCUT2D eigenvalue weighted by Crippen LogP contribution is -2.48. The Morgan fingerprint density at radius 1 is 0.787 bits per heavy atom. The molecule has 2 aliphatic rings. The first-order chi connectivity index (χ1) is 29.5. The van der Waals surface area contributed by atoms with Gasteiger partial charge in [-0.15, -0.1) is 0 Å². The van der Waals surface area contributed by atoms with E-state index in [1.165, 1.54) is 12.1 Å². The second kappa shape index (κ2) is 22.5. The summed E-state index contributed by atoms with van der Waals surface area (Å²) in [5.74, 6) is -0.518. The fourth-order valence-corrected chi connectivity index (χ4v) is 9.02. The molecule has 0 aromatic heterocycles. The predicted octanol–water partition coefficient (Wildman–Crippen LogP) is 7.97. The zero-order valence-electron chi connectivity index (χ0n) is 35.0. The van der Waals surface area contributed by atoms with Gasteiger partial charge >= 0.3 is 0 Å². The first-order valence-electron chi connectivity index (χ1n) is 21.6. The van der Waals surface area contributed by atoms with E-state index in [2.05, 4.69) is 5.32 Å². The molecule has 1 aliphatic heterocycles. The topological polar surface area (TPSA) is 145 Å². The maximum Gasteiger partial charge on any atom is 0.296 e. The summed E-state index contributed by atoms with van der Waals surface area (Å²) in [6.07, 6.45) is 6.42. The minimum Gasteiger partial charge on any atom is -0.493 e. The van der Waals surface area contributed by atoms with Crippen molar-refractivity contribution in [1.29, 1.82) is 0 Å². The summed E-state index contributed by atoms with van der Waals surface area (Å²) in [6, 6.07) is 31.1. The van der Waals surface area contributed by atoms with Gasteiger partial charge in [0.2, 0.25) is 11.8 Å². The summed E-state index contributed by atoms with van der Waals surface area (Å²) in [5, 5.41) is 3.00. The van der Waals surface area contributed by atoms with Gasteiger partial charge in [-0.05, 0) is 86.1 Å². The number of benzene rings is 4. The molecule has 0 bridgehead atoms. The Bertz CT molecular complexity index is 2160. The fraction of sp³-hybridized carbons (Fsp3) is 0.429. The highest BCUT2D eigenvalue weighted by Gasteiger charge is 2.36. The van der Waals surface area contributed by atoms with E-state index in [0.717, 1.165) is 42.4 Å². The average molecular weight is 851 g/mol. The number of likely N-dealkylation sites (tertiary alicyclic amines) is 1. The Kier molecular flexibility index (Phi) is 16.7. The van der Waals surface area contributed by atoms with Gasteiger partial charge in [0.25, 0.3) is 10.1 Å². The van der Waals surface area contributed by atoms with Crippen LogP contribution in [0.15, 0.2) is 114 Å². The van der Waals surface area contributed by atoms with Crippen molar-refractivity contribution in [3.05, 3.63) is 126 Å². The van der Waals surface area contributed by atoms with Crippen LogP contribution >= 0.6 is 0 Å². The number of hydrogen-bond acceptors (Lipinski definition) is 9. The molecule has 1 saturated heterocycles. The molecule has 2 fully saturated rings. The summed E-state index contributed by atoms with van der Waals surface area (Å²) in [4.78, 5) is 57.6. The molecule has 11 nitrogen and oxygen atoms in total. The number of ether oxygens (including phenoxy) is 2. The molecule has 324 valence electrons. The number of aryl methyl sites for hydroxylation is 1. The highest BCUT2D eigenvalue weighted by molar-refractivity contribution is 7.86. The van der Waals surface area contributed by atoms with E-state index in [4.69, 9.17) is 13.7 Å². The lowest BCUT2D eigenvalue weighted by molar-refractivity contribution is -0.138. The average Bonchev–Trinajstić information content (AvgIpc) is 3.95. The van der Waals surface area contributed by atoms with Gasteiger partial charge in [0.05, 0.1) is 29.5 Å². The van der Waals surface area contributed by atoms with Crippen molar-refractivity contribution in [2.45, 2.75) is 108 Å². The van der Waals surface area contributed by atoms with E-state index in [0.29, 0.717) is 56.8 Å². The van der Waals surface area contributed by atoms with Crippen molar-refractivity contribution in [2.24, 2.45) is 11.8 Å². The molecule has 1 saturated carbocycles. The zero-order valence-corrected chi connectivity index (χ0v) is 35.9. The molecular weight excluding hydrogens is 793 g/mol. The molecule has 1 aliphatic carbocycles. The van der Waals surface area contributed by atoms with Gasteiger partial charge in [-0.1, -0.05) is 104 Å². The number of carbonyl (C=O) groups is 4. The Labute approximate surface area is 360 Å². The lowest BCUT2D eigenvalue weighted by atomic mass is 9.91. The summed E-state index contributed by atoms with van der Waals surface area (Å²) in [5.41, 5.74) is 2.77. The molecule has 0 spiro atoms. The second-order valence-electron chi connectivity index (χ2n) is 16.3. The quantitative estimate of drug-likeness (QED) is 0.0548. The molecule has 1 N–H and O–H groups in total. The van der Waals surface area contributed by atoms with Crippen LogP contribution in [0, 0.1) is 18.8 Å². The number of amides is 2. The van der Waals surface area contributed by atoms with Crippen LogP contribution in [0.2, 0.25) is 0 Å². The van der Waals surface area contributed by atoms with E-state index < -0.39 is 34.0 Å². The number of nitrogens with one attached hydrogen (secondary N) is 1. The lowest BCUT2D eigenvalue weighted by Gasteiger charge is -2.29. The molecule has 1 heterocycles. The molecule has 6 rings (SSSR count). The van der Waals surface area contributed by atoms with Crippen molar-refractivity contribution in [1.82, 2.24) is 10.2 Å². The number of rotatable bonds is 24. The first-order valence-corrected chi connectivity index (χ1v) is 23.0. The number of nitrogens with zero attached hydrogens (tertiary/aromatic N) is 1. The summed E-state index contributed by atoms with van der Waals surface area (Å²) in [7, 11) is -3.95. The molecule has 2 amide bonds. The number of unbranched alkanes of at least 4 members (excludes halogenated alkanes) is 1. The highest BCUT2D eigenvalue weighted by Crippen LogP contribution is 2.29. The van der Waals surface area contributed by atoms with Crippen molar-refractivity contribution >= 4 is 33.5 Å². The predicted molar refractivity (Wildman–Crippen MR) is 232 cm³/mol. The Morgan fingerprint density at radius 3 is 2.18 bits per heavy atom. The third kappa shape index (κ3) is 13.8. The van der Waals surface area contributed by atoms with Crippen molar-refractivity contribution in [3.63, 3.8) is 0 Å². The number of Topliss-reactive ketones (excluding diaryl/α,β-unsaturated/α-hetero) is 2. The fourth-order valence-electron chi connectivity index (χ4n) is 8.08. The van der Waals surface area contributed by atoms with Crippen LogP contribution in [0.3, 0.4) is 0 Å². The van der Waals surface area contributed by atoms with E-state index >= 15 is 0 Å². The zero-order chi connectivity index (χ0) is 43.0. The molecule has 0 radical (unpaired) electrons. The van der Waals surface area contributed by atoms with Crippen molar-refractivity contribution in [3.8, 4) is 11.5 Å². The molecule has 61 heavy (non-hydrogen) atoms. The third-order valence-corrected chi connectivity index (χ3v) is 12.9. The van der Waals surface area contributed by atoms with Gasteiger partial charge in [0.1, 0.15) is 24.7 Å². The van der Waals surface area contributed by atoms with Crippen LogP contribution in [0.1, 0.15) is 87.3 Å². The number of carbonyl (C=O) groups excluding carboxylic acids is 4. The van der Waals surface area contributed by atoms with Gasteiger partial charge in [-0.25, -0.2) is 0 Å². The number of para-hydroxylation sites is 1. The molecule has 4 aromatic rings. The second-order valence-corrected chi connectivity index (χ2v) is 17.9. The number of ketones is 2. The molecule has 0 unspecified atom stereocenters. The molecule has 12 heteroatoms. The maximum absolute atomic E-state index is 14.5. The van der Waals surface area contributed by atoms with Gasteiger partial charge in [0, 0.05) is 32.2 Å². The van der Waals surface area contributed by atoms with Crippen LogP contribution in [-0.4, -0.2) is 68.5 Å². The van der Waals surface area contributed by atoms with Crippen LogP contribution < -0.4 is 14.8 Å². The van der Waals surface area contributed by atoms with Gasteiger partial charge in [0.15, 0.2) is 11.6 Å². The number of hydrogen-bond donors (Lipinski definition) is 1. The molecule has 4 aromatic carbocycles. The monoisotopic (exact) mass is 850 g/mol. The van der Waals surface area contributed by atoms with E-state index in [1.807, 2.05) is 79.7 Å². The summed E-state index contributed by atoms with van der Waals surface area (Å²) >= 11 is 0. The summed E-state index contributed by atoms with van der Waals surface area (Å²) in [6.45, 7) is 2.48. The minimum atomic E-state index is -3.95. The highest BCUT2D eigenvalue weighted by atomic mass is 32.2. The van der Waals surface area contributed by atoms with Gasteiger partial charge in [-0.2, -0.15) is 8.42 Å². The normalized spacial score (nSPS) is 15.9. The largest absolute Gasteiger partial charge is 0.493 e. The van der Waals surface area contributed by atoms with Crippen LogP contribution in [0.5, 0.6) is 11.5 Å².